The summed E-state index contributed by atoms with van der Waals surface area (Å²) < 4.78 is 18.8. The molecule has 0 aliphatic carbocycles. The number of halogens is 1. The van der Waals surface area contributed by atoms with E-state index < -0.39 is 0 Å². The molecule has 0 aliphatic heterocycles. The predicted octanol–water partition coefficient (Wildman–Crippen LogP) is 3.64. The van der Waals surface area contributed by atoms with Crippen LogP contribution in [0.3, 0.4) is 0 Å². The Bertz CT molecular complexity index is 637. The largest absolute Gasteiger partial charge is 0.441 e. The normalized spacial score (nSPS) is 10.7. The van der Waals surface area contributed by atoms with Crippen LogP contribution in [0.25, 0.3) is 11.5 Å². The van der Waals surface area contributed by atoms with Crippen LogP contribution < -0.4 is 5.32 Å². The number of benzene rings is 1. The maximum absolute atomic E-state index is 13.2. The molecule has 1 amide bonds. The molecular formula is C17H21FN2O2. The molecule has 1 N–H and O–H groups in total. The number of carbonyl (C=O) groups is 1. The lowest BCUT2D eigenvalue weighted by atomic mass is 10.2. The SMILES string of the molecule is CCCCCNC(=O)Cc1nc(-c2cccc(F)c2)oc1C. The van der Waals surface area contributed by atoms with Crippen LogP contribution in [0.15, 0.2) is 28.7 Å². The third-order valence-corrected chi connectivity index (χ3v) is 3.39. The molecule has 1 aromatic heterocycles. The highest BCUT2D eigenvalue weighted by Crippen LogP contribution is 2.22. The lowest BCUT2D eigenvalue weighted by Crippen LogP contribution is -2.26. The van der Waals surface area contributed by atoms with Crippen molar-refractivity contribution in [3.63, 3.8) is 0 Å². The van der Waals surface area contributed by atoms with Crippen LogP contribution in [0.2, 0.25) is 0 Å². The molecule has 0 radical (unpaired) electrons. The number of carbonyl (C=O) groups excluding carboxylic acids is 1. The van der Waals surface area contributed by atoms with Crippen LogP contribution in [0.5, 0.6) is 0 Å². The molecule has 5 heteroatoms. The maximum atomic E-state index is 13.2. The molecule has 4 nitrogen and oxygen atoms in total. The van der Waals surface area contributed by atoms with E-state index in [1.165, 1.54) is 12.1 Å². The minimum Gasteiger partial charge on any atom is -0.441 e. The lowest BCUT2D eigenvalue weighted by molar-refractivity contribution is -0.120. The summed E-state index contributed by atoms with van der Waals surface area (Å²) in [6.45, 7) is 4.56. The summed E-state index contributed by atoms with van der Waals surface area (Å²) in [5.74, 6) is 0.510. The molecule has 1 aromatic carbocycles. The van der Waals surface area contributed by atoms with Crippen molar-refractivity contribution in [1.29, 1.82) is 0 Å². The number of unbranched alkanes of at least 4 members (excludes halogenated alkanes) is 2. The number of rotatable bonds is 7. The molecule has 2 rings (SSSR count). The first-order chi connectivity index (χ1) is 10.6. The van der Waals surface area contributed by atoms with E-state index in [-0.39, 0.29) is 18.1 Å². The van der Waals surface area contributed by atoms with Gasteiger partial charge in [0.2, 0.25) is 11.8 Å². The van der Waals surface area contributed by atoms with E-state index in [0.717, 1.165) is 19.3 Å². The zero-order chi connectivity index (χ0) is 15.9. The Hall–Kier alpha value is -2.17. The van der Waals surface area contributed by atoms with Crippen LogP contribution in [0, 0.1) is 12.7 Å². The van der Waals surface area contributed by atoms with Gasteiger partial charge < -0.3 is 9.73 Å². The van der Waals surface area contributed by atoms with Gasteiger partial charge in [-0.05, 0) is 31.5 Å². The minimum atomic E-state index is -0.344. The van der Waals surface area contributed by atoms with Gasteiger partial charge in [-0.15, -0.1) is 0 Å². The van der Waals surface area contributed by atoms with Crippen molar-refractivity contribution in [3.8, 4) is 11.5 Å². The first kappa shape index (κ1) is 16.2. The van der Waals surface area contributed by atoms with Gasteiger partial charge in [0.05, 0.1) is 12.1 Å². The summed E-state index contributed by atoms with van der Waals surface area (Å²) in [4.78, 5) is 16.2. The number of aryl methyl sites for hydroxylation is 1. The maximum Gasteiger partial charge on any atom is 0.226 e. The fourth-order valence-electron chi connectivity index (χ4n) is 2.15. The molecule has 0 saturated heterocycles. The van der Waals surface area contributed by atoms with Gasteiger partial charge in [0.15, 0.2) is 0 Å². The fraction of sp³-hybridized carbons (Fsp3) is 0.412. The molecule has 22 heavy (non-hydrogen) atoms. The van der Waals surface area contributed by atoms with Gasteiger partial charge in [0.25, 0.3) is 0 Å². The molecule has 0 aliphatic rings. The highest BCUT2D eigenvalue weighted by molar-refractivity contribution is 5.78. The topological polar surface area (TPSA) is 55.1 Å². The Kier molecular flexibility index (Phi) is 5.69. The molecule has 2 aromatic rings. The van der Waals surface area contributed by atoms with E-state index in [4.69, 9.17) is 4.42 Å². The first-order valence-corrected chi connectivity index (χ1v) is 7.59. The third-order valence-electron chi connectivity index (χ3n) is 3.39. The van der Waals surface area contributed by atoms with Gasteiger partial charge >= 0.3 is 0 Å². The number of aromatic nitrogens is 1. The van der Waals surface area contributed by atoms with Crippen LogP contribution in [0.4, 0.5) is 4.39 Å². The monoisotopic (exact) mass is 304 g/mol. The third kappa shape index (κ3) is 4.41. The smallest absolute Gasteiger partial charge is 0.226 e. The molecule has 0 saturated carbocycles. The molecular weight excluding hydrogens is 283 g/mol. The number of oxazole rings is 1. The average molecular weight is 304 g/mol. The quantitative estimate of drug-likeness (QED) is 0.795. The number of nitrogens with zero attached hydrogens (tertiary/aromatic N) is 1. The molecule has 0 spiro atoms. The van der Waals surface area contributed by atoms with Gasteiger partial charge in [-0.1, -0.05) is 25.8 Å². The summed E-state index contributed by atoms with van der Waals surface area (Å²) >= 11 is 0. The Morgan fingerprint density at radius 3 is 2.91 bits per heavy atom. The summed E-state index contributed by atoms with van der Waals surface area (Å²) in [7, 11) is 0. The minimum absolute atomic E-state index is 0.0710. The molecule has 0 fully saturated rings. The fourth-order valence-corrected chi connectivity index (χ4v) is 2.15. The molecule has 0 bridgehead atoms. The van der Waals surface area contributed by atoms with Crippen molar-refractivity contribution in [2.75, 3.05) is 6.54 Å². The van der Waals surface area contributed by atoms with Gasteiger partial charge in [0.1, 0.15) is 11.6 Å². The standard InChI is InChI=1S/C17H21FN2O2/c1-3-4-5-9-19-16(21)11-15-12(2)22-17(20-15)13-7-6-8-14(18)10-13/h6-8,10H,3-5,9,11H2,1-2H3,(H,19,21). The van der Waals surface area contributed by atoms with Crippen LogP contribution in [0.1, 0.15) is 37.6 Å². The van der Waals surface area contributed by atoms with Gasteiger partial charge in [-0.2, -0.15) is 0 Å². The van der Waals surface area contributed by atoms with Crippen LogP contribution in [-0.2, 0) is 11.2 Å². The second kappa shape index (κ2) is 7.73. The summed E-state index contributed by atoms with van der Waals surface area (Å²) in [6, 6.07) is 6.05. The predicted molar refractivity (Wildman–Crippen MR) is 82.9 cm³/mol. The molecule has 1 heterocycles. The van der Waals surface area contributed by atoms with Crippen molar-refractivity contribution in [2.45, 2.75) is 39.5 Å². The van der Waals surface area contributed by atoms with Crippen molar-refractivity contribution in [3.05, 3.63) is 41.5 Å². The van der Waals surface area contributed by atoms with Crippen molar-refractivity contribution < 1.29 is 13.6 Å². The van der Waals surface area contributed by atoms with E-state index >= 15 is 0 Å². The number of nitrogens with one attached hydrogen (secondary N) is 1. The Labute approximate surface area is 129 Å². The number of amides is 1. The molecule has 118 valence electrons. The Morgan fingerprint density at radius 2 is 2.18 bits per heavy atom. The highest BCUT2D eigenvalue weighted by Gasteiger charge is 2.14. The Morgan fingerprint density at radius 1 is 1.36 bits per heavy atom. The molecule has 0 atom stereocenters. The van der Waals surface area contributed by atoms with E-state index in [2.05, 4.69) is 17.2 Å². The average Bonchev–Trinajstić information content (AvgIpc) is 2.85. The summed E-state index contributed by atoms with van der Waals surface area (Å²) in [5, 5.41) is 2.87. The van der Waals surface area contributed by atoms with Gasteiger partial charge in [0, 0.05) is 12.1 Å². The lowest BCUT2D eigenvalue weighted by Gasteiger charge is -2.03. The van der Waals surface area contributed by atoms with E-state index in [0.29, 0.717) is 29.5 Å². The zero-order valence-corrected chi connectivity index (χ0v) is 13.0. The van der Waals surface area contributed by atoms with Crippen molar-refractivity contribution in [2.24, 2.45) is 0 Å². The second-order valence-corrected chi connectivity index (χ2v) is 5.27. The summed E-state index contributed by atoms with van der Waals surface area (Å²) in [5.41, 5.74) is 1.16. The number of hydrogen-bond acceptors (Lipinski definition) is 3. The van der Waals surface area contributed by atoms with Crippen molar-refractivity contribution >= 4 is 5.91 Å². The van der Waals surface area contributed by atoms with Crippen LogP contribution in [-0.4, -0.2) is 17.4 Å². The van der Waals surface area contributed by atoms with E-state index in [1.807, 2.05) is 0 Å². The number of hydrogen-bond donors (Lipinski definition) is 1. The van der Waals surface area contributed by atoms with Gasteiger partial charge in [-0.25, -0.2) is 9.37 Å². The molecule has 0 unspecified atom stereocenters. The first-order valence-electron chi connectivity index (χ1n) is 7.59. The van der Waals surface area contributed by atoms with E-state index in [1.54, 1.807) is 19.1 Å². The zero-order valence-electron chi connectivity index (χ0n) is 13.0. The second-order valence-electron chi connectivity index (χ2n) is 5.27. The van der Waals surface area contributed by atoms with E-state index in [9.17, 15) is 9.18 Å². The van der Waals surface area contributed by atoms with Crippen molar-refractivity contribution in [1.82, 2.24) is 10.3 Å². The van der Waals surface area contributed by atoms with Crippen LogP contribution >= 0.6 is 0 Å². The highest BCUT2D eigenvalue weighted by atomic mass is 19.1. The van der Waals surface area contributed by atoms with Gasteiger partial charge in [-0.3, -0.25) is 4.79 Å². The summed E-state index contributed by atoms with van der Waals surface area (Å²) in [6.07, 6.45) is 3.38. The Balaban J connectivity index is 1.99.